The first-order chi connectivity index (χ1) is 10.3. The van der Waals surface area contributed by atoms with Crippen LogP contribution in [0.25, 0.3) is 0 Å². The van der Waals surface area contributed by atoms with E-state index < -0.39 is 0 Å². The van der Waals surface area contributed by atoms with E-state index in [1.807, 2.05) is 0 Å². The predicted molar refractivity (Wildman–Crippen MR) is 89.6 cm³/mol. The summed E-state index contributed by atoms with van der Waals surface area (Å²) in [5.41, 5.74) is 2.79. The largest absolute Gasteiger partial charge is 0.299 e. The van der Waals surface area contributed by atoms with Gasteiger partial charge in [0.2, 0.25) is 0 Å². The number of Topliss-reactive ketones (excluding diaryl/α,β-unsaturated/α-hetero) is 1. The fourth-order valence-corrected chi connectivity index (χ4v) is 3.42. The average molecular weight is 286 g/mol. The van der Waals surface area contributed by atoms with E-state index in [2.05, 4.69) is 31.2 Å². The van der Waals surface area contributed by atoms with E-state index in [1.54, 1.807) is 0 Å². The van der Waals surface area contributed by atoms with Gasteiger partial charge >= 0.3 is 0 Å². The molecule has 0 aromatic heterocycles. The summed E-state index contributed by atoms with van der Waals surface area (Å²) in [7, 11) is 0. The van der Waals surface area contributed by atoms with E-state index in [0.29, 0.717) is 5.78 Å². The second kappa shape index (κ2) is 9.02. The first kappa shape index (κ1) is 16.3. The Bertz CT molecular complexity index is 410. The van der Waals surface area contributed by atoms with Crippen molar-refractivity contribution in [2.75, 3.05) is 0 Å². The smallest absolute Gasteiger partial charge is 0.136 e. The molecule has 0 unspecified atom stereocenters. The molecule has 116 valence electrons. The SMILES string of the molecule is CCCCCCCCCCC(=O)C1Cc2ccccc2C1. The molecule has 0 N–H and O–H groups in total. The number of rotatable bonds is 10. The number of carbonyl (C=O) groups is 1. The number of hydrogen-bond donors (Lipinski definition) is 0. The van der Waals surface area contributed by atoms with Gasteiger partial charge in [0.15, 0.2) is 0 Å². The molecule has 0 saturated heterocycles. The summed E-state index contributed by atoms with van der Waals surface area (Å²) in [6.07, 6.45) is 13.2. The van der Waals surface area contributed by atoms with Gasteiger partial charge in [-0.15, -0.1) is 0 Å². The maximum absolute atomic E-state index is 12.3. The van der Waals surface area contributed by atoms with Crippen molar-refractivity contribution in [3.8, 4) is 0 Å². The van der Waals surface area contributed by atoms with E-state index in [-0.39, 0.29) is 5.92 Å². The lowest BCUT2D eigenvalue weighted by Crippen LogP contribution is -2.14. The van der Waals surface area contributed by atoms with Crippen molar-refractivity contribution in [3.05, 3.63) is 35.4 Å². The molecule has 2 rings (SSSR count). The second-order valence-corrected chi connectivity index (χ2v) is 6.57. The zero-order valence-electron chi connectivity index (χ0n) is 13.6. The van der Waals surface area contributed by atoms with Crippen molar-refractivity contribution in [2.24, 2.45) is 5.92 Å². The van der Waals surface area contributed by atoms with Gasteiger partial charge in [0.25, 0.3) is 0 Å². The zero-order valence-corrected chi connectivity index (χ0v) is 13.6. The highest BCUT2D eigenvalue weighted by atomic mass is 16.1. The highest BCUT2D eigenvalue weighted by Gasteiger charge is 2.26. The summed E-state index contributed by atoms with van der Waals surface area (Å²) in [5.74, 6) is 0.768. The molecular formula is C20H30O. The van der Waals surface area contributed by atoms with Crippen LogP contribution in [0, 0.1) is 5.92 Å². The Balaban J connectivity index is 1.55. The molecule has 1 aromatic rings. The molecule has 0 saturated carbocycles. The minimum absolute atomic E-state index is 0.270. The lowest BCUT2D eigenvalue weighted by molar-refractivity contribution is -0.122. The number of unbranched alkanes of at least 4 members (excludes halogenated alkanes) is 7. The molecule has 21 heavy (non-hydrogen) atoms. The minimum Gasteiger partial charge on any atom is -0.299 e. The second-order valence-electron chi connectivity index (χ2n) is 6.57. The molecule has 0 bridgehead atoms. The third-order valence-electron chi connectivity index (χ3n) is 4.78. The Kier molecular flexibility index (Phi) is 6.99. The monoisotopic (exact) mass is 286 g/mol. The molecule has 0 amide bonds. The highest BCUT2D eigenvalue weighted by Crippen LogP contribution is 2.28. The molecule has 0 aliphatic heterocycles. The third-order valence-corrected chi connectivity index (χ3v) is 4.78. The predicted octanol–water partition coefficient (Wildman–Crippen LogP) is 5.50. The molecule has 0 spiro atoms. The number of fused-ring (bicyclic) bond motifs is 1. The molecule has 1 aliphatic rings. The molecule has 1 aliphatic carbocycles. The van der Waals surface area contributed by atoms with Crippen LogP contribution >= 0.6 is 0 Å². The molecule has 0 heterocycles. The standard InChI is InChI=1S/C20H30O/c1-2-3-4-5-6-7-8-9-14-20(21)19-15-17-12-10-11-13-18(17)16-19/h10-13,19H,2-9,14-16H2,1H3. The molecule has 0 atom stereocenters. The summed E-state index contributed by atoms with van der Waals surface area (Å²) in [5, 5.41) is 0. The van der Waals surface area contributed by atoms with Gasteiger partial charge in [-0.3, -0.25) is 4.79 Å². The zero-order chi connectivity index (χ0) is 14.9. The first-order valence-electron chi connectivity index (χ1n) is 8.90. The van der Waals surface area contributed by atoms with Gasteiger partial charge in [-0.2, -0.15) is 0 Å². The Labute approximate surface area is 130 Å². The van der Waals surface area contributed by atoms with Crippen LogP contribution in [-0.2, 0) is 17.6 Å². The molecule has 1 aromatic carbocycles. The van der Waals surface area contributed by atoms with E-state index in [9.17, 15) is 4.79 Å². The van der Waals surface area contributed by atoms with Crippen molar-refractivity contribution in [2.45, 2.75) is 77.6 Å². The number of carbonyl (C=O) groups excluding carboxylic acids is 1. The topological polar surface area (TPSA) is 17.1 Å². The van der Waals surface area contributed by atoms with Gasteiger partial charge in [-0.25, -0.2) is 0 Å². The molecule has 0 radical (unpaired) electrons. The van der Waals surface area contributed by atoms with E-state index in [4.69, 9.17) is 0 Å². The Morgan fingerprint density at radius 3 is 2.00 bits per heavy atom. The number of ketones is 1. The molecule has 1 heteroatoms. The van der Waals surface area contributed by atoms with Gasteiger partial charge < -0.3 is 0 Å². The summed E-state index contributed by atoms with van der Waals surface area (Å²) in [6, 6.07) is 8.53. The van der Waals surface area contributed by atoms with Crippen molar-refractivity contribution >= 4 is 5.78 Å². The van der Waals surface area contributed by atoms with Crippen LogP contribution in [0.3, 0.4) is 0 Å². The van der Waals surface area contributed by atoms with Crippen LogP contribution in [0.5, 0.6) is 0 Å². The van der Waals surface area contributed by atoms with Crippen LogP contribution in [0.15, 0.2) is 24.3 Å². The molecule has 1 nitrogen and oxygen atoms in total. The minimum atomic E-state index is 0.270. The van der Waals surface area contributed by atoms with Crippen molar-refractivity contribution < 1.29 is 4.79 Å². The maximum atomic E-state index is 12.3. The molecular weight excluding hydrogens is 256 g/mol. The summed E-state index contributed by atoms with van der Waals surface area (Å²) >= 11 is 0. The summed E-state index contributed by atoms with van der Waals surface area (Å²) in [6.45, 7) is 2.26. The molecule has 0 fully saturated rings. The van der Waals surface area contributed by atoms with Gasteiger partial charge in [-0.1, -0.05) is 76.1 Å². The van der Waals surface area contributed by atoms with E-state index in [0.717, 1.165) is 25.7 Å². The quantitative estimate of drug-likeness (QED) is 0.519. The van der Waals surface area contributed by atoms with Crippen LogP contribution < -0.4 is 0 Å². The number of benzene rings is 1. The van der Waals surface area contributed by atoms with Gasteiger partial charge in [0.05, 0.1) is 0 Å². The average Bonchev–Trinajstić information content (AvgIpc) is 2.94. The summed E-state index contributed by atoms with van der Waals surface area (Å²) < 4.78 is 0. The van der Waals surface area contributed by atoms with Gasteiger partial charge in [0.1, 0.15) is 5.78 Å². The van der Waals surface area contributed by atoms with Crippen molar-refractivity contribution in [1.82, 2.24) is 0 Å². The maximum Gasteiger partial charge on any atom is 0.136 e. The summed E-state index contributed by atoms with van der Waals surface area (Å²) in [4.78, 5) is 12.3. The van der Waals surface area contributed by atoms with Crippen LogP contribution in [0.2, 0.25) is 0 Å². The fraction of sp³-hybridized carbons (Fsp3) is 0.650. The highest BCUT2D eigenvalue weighted by molar-refractivity contribution is 5.82. The number of hydrogen-bond acceptors (Lipinski definition) is 1. The van der Waals surface area contributed by atoms with Gasteiger partial charge in [-0.05, 0) is 30.4 Å². The Morgan fingerprint density at radius 2 is 1.43 bits per heavy atom. The van der Waals surface area contributed by atoms with Gasteiger partial charge in [0, 0.05) is 12.3 Å². The lowest BCUT2D eigenvalue weighted by Gasteiger charge is -2.07. The van der Waals surface area contributed by atoms with Crippen molar-refractivity contribution in [1.29, 1.82) is 0 Å². The third kappa shape index (κ3) is 5.30. The fourth-order valence-electron chi connectivity index (χ4n) is 3.42. The Hall–Kier alpha value is -1.11. The van der Waals surface area contributed by atoms with Crippen LogP contribution in [-0.4, -0.2) is 5.78 Å². The normalized spacial score (nSPS) is 14.3. The van der Waals surface area contributed by atoms with Crippen molar-refractivity contribution in [3.63, 3.8) is 0 Å². The first-order valence-corrected chi connectivity index (χ1v) is 8.90. The Morgan fingerprint density at radius 1 is 0.905 bits per heavy atom. The lowest BCUT2D eigenvalue weighted by atomic mass is 9.96. The van der Waals surface area contributed by atoms with E-state index >= 15 is 0 Å². The van der Waals surface area contributed by atoms with Crippen LogP contribution in [0.1, 0.15) is 75.8 Å². The van der Waals surface area contributed by atoms with E-state index in [1.165, 1.54) is 56.1 Å². The van der Waals surface area contributed by atoms with Crippen LogP contribution in [0.4, 0.5) is 0 Å².